The van der Waals surface area contributed by atoms with E-state index in [0.717, 1.165) is 22.9 Å². The van der Waals surface area contributed by atoms with Gasteiger partial charge in [0.1, 0.15) is 11.3 Å². The molecule has 0 aliphatic heterocycles. The van der Waals surface area contributed by atoms with E-state index in [2.05, 4.69) is 5.10 Å². The number of hydrogen-bond acceptors (Lipinski definition) is 3. The van der Waals surface area contributed by atoms with Gasteiger partial charge in [-0.15, -0.1) is 0 Å². The minimum atomic E-state index is 0.503. The first-order valence-electron chi connectivity index (χ1n) is 6.94. The van der Waals surface area contributed by atoms with Gasteiger partial charge >= 0.3 is 0 Å². The fourth-order valence-corrected chi connectivity index (χ4v) is 2.48. The topological polar surface area (TPSA) is 48.0 Å². The molecular weight excluding hydrogens is 276 g/mol. The molecule has 0 N–H and O–H groups in total. The molecule has 0 bridgehead atoms. The first-order valence-corrected chi connectivity index (χ1v) is 6.94. The second-order valence-corrected chi connectivity index (χ2v) is 4.98. The molecule has 2 aromatic heterocycles. The second kappa shape index (κ2) is 5.00. The van der Waals surface area contributed by atoms with Crippen molar-refractivity contribution in [2.24, 2.45) is 0 Å². The van der Waals surface area contributed by atoms with Crippen LogP contribution in [0.1, 0.15) is 10.4 Å². The maximum absolute atomic E-state index is 11.4. The van der Waals surface area contributed by atoms with E-state index < -0.39 is 0 Å². The van der Waals surface area contributed by atoms with Crippen LogP contribution in [0.2, 0.25) is 0 Å². The molecule has 22 heavy (non-hydrogen) atoms. The molecule has 4 nitrogen and oxygen atoms in total. The van der Waals surface area contributed by atoms with E-state index >= 15 is 0 Å². The number of carbonyl (C=O) groups is 1. The average molecular weight is 288 g/mol. The van der Waals surface area contributed by atoms with Crippen LogP contribution < -0.4 is 0 Å². The van der Waals surface area contributed by atoms with Crippen LogP contribution in [0.15, 0.2) is 71.3 Å². The second-order valence-electron chi connectivity index (χ2n) is 4.98. The maximum Gasteiger partial charge on any atom is 0.156 e. The van der Waals surface area contributed by atoms with Gasteiger partial charge in [0, 0.05) is 11.6 Å². The van der Waals surface area contributed by atoms with E-state index in [1.54, 1.807) is 10.9 Å². The lowest BCUT2D eigenvalue weighted by atomic mass is 10.2. The lowest BCUT2D eigenvalue weighted by Crippen LogP contribution is -1.93. The van der Waals surface area contributed by atoms with E-state index in [4.69, 9.17) is 4.42 Å². The quantitative estimate of drug-likeness (QED) is 0.533. The Morgan fingerprint density at radius 2 is 1.77 bits per heavy atom. The summed E-state index contributed by atoms with van der Waals surface area (Å²) >= 11 is 0. The van der Waals surface area contributed by atoms with E-state index in [9.17, 15) is 4.79 Å². The van der Waals surface area contributed by atoms with E-state index in [-0.39, 0.29) is 0 Å². The summed E-state index contributed by atoms with van der Waals surface area (Å²) in [5, 5.41) is 5.50. The van der Waals surface area contributed by atoms with Gasteiger partial charge < -0.3 is 4.42 Å². The smallest absolute Gasteiger partial charge is 0.156 e. The summed E-state index contributed by atoms with van der Waals surface area (Å²) in [5.74, 6) is 0.595. The van der Waals surface area contributed by atoms with Crippen molar-refractivity contribution >= 4 is 17.3 Å². The number of aromatic nitrogens is 2. The van der Waals surface area contributed by atoms with Crippen LogP contribution in [-0.4, -0.2) is 16.1 Å². The molecule has 4 rings (SSSR count). The molecule has 0 spiro atoms. The Morgan fingerprint density at radius 1 is 1.00 bits per heavy atom. The van der Waals surface area contributed by atoms with Crippen LogP contribution in [0.5, 0.6) is 0 Å². The number of furan rings is 1. The molecule has 0 amide bonds. The molecule has 0 aliphatic carbocycles. The van der Waals surface area contributed by atoms with Crippen molar-refractivity contribution in [1.29, 1.82) is 0 Å². The lowest BCUT2D eigenvalue weighted by Gasteiger charge is -1.98. The Hall–Kier alpha value is -3.14. The molecule has 0 radical (unpaired) electrons. The number of nitrogens with zero attached hydrogens (tertiary/aromatic N) is 2. The van der Waals surface area contributed by atoms with E-state index in [1.165, 1.54) is 0 Å². The zero-order chi connectivity index (χ0) is 14.9. The fourth-order valence-electron chi connectivity index (χ4n) is 2.48. The van der Waals surface area contributed by atoms with Crippen molar-refractivity contribution in [3.05, 3.63) is 72.4 Å². The first-order chi connectivity index (χ1) is 10.8. The first kappa shape index (κ1) is 12.6. The highest BCUT2D eigenvalue weighted by Crippen LogP contribution is 2.29. The highest BCUT2D eigenvalue weighted by Gasteiger charge is 2.15. The number of benzene rings is 2. The van der Waals surface area contributed by atoms with Gasteiger partial charge in [-0.3, -0.25) is 4.79 Å². The van der Waals surface area contributed by atoms with Gasteiger partial charge in [-0.25, -0.2) is 4.68 Å². The maximum atomic E-state index is 11.4. The molecule has 0 saturated heterocycles. The zero-order valence-electron chi connectivity index (χ0n) is 11.6. The van der Waals surface area contributed by atoms with Gasteiger partial charge in [0.15, 0.2) is 12.0 Å². The summed E-state index contributed by atoms with van der Waals surface area (Å²) in [4.78, 5) is 11.4. The van der Waals surface area contributed by atoms with Gasteiger partial charge in [-0.05, 0) is 24.3 Å². The SMILES string of the molecule is O=Cc1cn(-c2ccccc2)nc1-c1cc2ccccc2o1. The number of rotatable bonds is 3. The third kappa shape index (κ3) is 2.02. The molecule has 0 saturated carbocycles. The van der Waals surface area contributed by atoms with Crippen molar-refractivity contribution < 1.29 is 9.21 Å². The third-order valence-electron chi connectivity index (χ3n) is 3.55. The number of fused-ring (bicyclic) bond motifs is 1. The predicted molar refractivity (Wildman–Crippen MR) is 84.2 cm³/mol. The van der Waals surface area contributed by atoms with Crippen molar-refractivity contribution in [1.82, 2.24) is 9.78 Å². The minimum Gasteiger partial charge on any atom is -0.454 e. The van der Waals surface area contributed by atoms with Crippen molar-refractivity contribution in [2.75, 3.05) is 0 Å². The molecule has 0 unspecified atom stereocenters. The average Bonchev–Trinajstić information content (AvgIpc) is 3.19. The lowest BCUT2D eigenvalue weighted by molar-refractivity contribution is 0.112. The van der Waals surface area contributed by atoms with Crippen molar-refractivity contribution in [2.45, 2.75) is 0 Å². The number of carbonyl (C=O) groups excluding carboxylic acids is 1. The Kier molecular flexibility index (Phi) is 2.86. The molecule has 0 atom stereocenters. The van der Waals surface area contributed by atoms with E-state index in [0.29, 0.717) is 17.0 Å². The summed E-state index contributed by atoms with van der Waals surface area (Å²) in [6.45, 7) is 0. The van der Waals surface area contributed by atoms with Crippen molar-refractivity contribution in [3.63, 3.8) is 0 Å². The summed E-state index contributed by atoms with van der Waals surface area (Å²) in [6, 6.07) is 19.3. The number of aldehydes is 1. The predicted octanol–water partition coefficient (Wildman–Crippen LogP) is 4.10. The molecule has 4 heteroatoms. The monoisotopic (exact) mass is 288 g/mol. The molecule has 0 fully saturated rings. The van der Waals surface area contributed by atoms with Crippen LogP contribution in [0, 0.1) is 0 Å². The standard InChI is InChI=1S/C18H12N2O2/c21-12-14-11-20(15-7-2-1-3-8-15)19-18(14)17-10-13-6-4-5-9-16(13)22-17/h1-12H. The Labute approximate surface area is 126 Å². The Morgan fingerprint density at radius 3 is 2.55 bits per heavy atom. The van der Waals surface area contributed by atoms with Gasteiger partial charge in [-0.1, -0.05) is 36.4 Å². The summed E-state index contributed by atoms with van der Waals surface area (Å²) in [6.07, 6.45) is 2.51. The van der Waals surface area contributed by atoms with Crippen LogP contribution in [0.25, 0.3) is 28.1 Å². The summed E-state index contributed by atoms with van der Waals surface area (Å²) in [5.41, 5.74) is 2.73. The van der Waals surface area contributed by atoms with Gasteiger partial charge in [-0.2, -0.15) is 5.10 Å². The highest BCUT2D eigenvalue weighted by molar-refractivity contribution is 5.88. The van der Waals surface area contributed by atoms with Gasteiger partial charge in [0.2, 0.25) is 0 Å². The number of para-hydroxylation sites is 2. The normalized spacial score (nSPS) is 10.9. The number of hydrogen-bond donors (Lipinski definition) is 0. The molecule has 106 valence electrons. The van der Waals surface area contributed by atoms with Crippen LogP contribution >= 0.6 is 0 Å². The van der Waals surface area contributed by atoms with Crippen LogP contribution in [0.4, 0.5) is 0 Å². The van der Waals surface area contributed by atoms with Gasteiger partial charge in [0.25, 0.3) is 0 Å². The van der Waals surface area contributed by atoms with Gasteiger partial charge in [0.05, 0.1) is 11.3 Å². The molecule has 0 aliphatic rings. The minimum absolute atomic E-state index is 0.503. The molecule has 2 heterocycles. The molecule has 4 aromatic rings. The third-order valence-corrected chi connectivity index (χ3v) is 3.55. The van der Waals surface area contributed by atoms with Crippen LogP contribution in [-0.2, 0) is 0 Å². The van der Waals surface area contributed by atoms with Crippen molar-refractivity contribution in [3.8, 4) is 17.1 Å². The zero-order valence-corrected chi connectivity index (χ0v) is 11.6. The molecule has 2 aromatic carbocycles. The van der Waals surface area contributed by atoms with E-state index in [1.807, 2.05) is 60.7 Å². The molecular formula is C18H12N2O2. The Bertz CT molecular complexity index is 919. The largest absolute Gasteiger partial charge is 0.454 e. The summed E-state index contributed by atoms with van der Waals surface area (Å²) in [7, 11) is 0. The summed E-state index contributed by atoms with van der Waals surface area (Å²) < 4.78 is 7.50. The fraction of sp³-hybridized carbons (Fsp3) is 0. The highest BCUT2D eigenvalue weighted by atomic mass is 16.3. The van der Waals surface area contributed by atoms with Crippen LogP contribution in [0.3, 0.4) is 0 Å². The Balaban J connectivity index is 1.87.